The normalized spacial score (nSPS) is 11.2. The van der Waals surface area contributed by atoms with Gasteiger partial charge in [-0.05, 0) is 47.4 Å². The van der Waals surface area contributed by atoms with E-state index < -0.39 is 0 Å². The van der Waals surface area contributed by atoms with Crippen molar-refractivity contribution in [3.05, 3.63) is 87.4 Å². The Balaban J connectivity index is 1.83. The van der Waals surface area contributed by atoms with Crippen LogP contribution in [0.1, 0.15) is 42.3 Å². The Kier molecular flexibility index (Phi) is 7.14. The maximum atomic E-state index is 12.8. The van der Waals surface area contributed by atoms with Gasteiger partial charge in [0.2, 0.25) is 0 Å². The standard InChI is InChI=1S/C25H25Cl2NO3/c1-25(2,3)18-8-5-6-11-22(18)31-15-17-14-16(12-13-21(17)30-4)24(29)28-20-10-7-9-19(26)23(20)27/h5-14H,15H2,1-4H3,(H,28,29). The number of anilines is 1. The van der Waals surface area contributed by atoms with Crippen LogP contribution in [0, 0.1) is 0 Å². The van der Waals surface area contributed by atoms with Gasteiger partial charge in [-0.1, -0.05) is 68.2 Å². The van der Waals surface area contributed by atoms with Crippen LogP contribution >= 0.6 is 23.2 Å². The molecule has 0 aliphatic carbocycles. The number of ether oxygens (including phenoxy) is 2. The van der Waals surface area contributed by atoms with E-state index in [1.165, 1.54) is 0 Å². The van der Waals surface area contributed by atoms with Gasteiger partial charge < -0.3 is 14.8 Å². The third-order valence-corrected chi connectivity index (χ3v) is 5.64. The number of para-hydroxylation sites is 1. The number of hydrogen-bond acceptors (Lipinski definition) is 3. The van der Waals surface area contributed by atoms with E-state index in [-0.39, 0.29) is 17.9 Å². The molecule has 1 amide bonds. The first-order chi connectivity index (χ1) is 14.7. The zero-order valence-corrected chi connectivity index (χ0v) is 19.5. The molecule has 31 heavy (non-hydrogen) atoms. The van der Waals surface area contributed by atoms with Crippen molar-refractivity contribution in [2.24, 2.45) is 0 Å². The lowest BCUT2D eigenvalue weighted by Crippen LogP contribution is -2.14. The summed E-state index contributed by atoms with van der Waals surface area (Å²) >= 11 is 12.2. The summed E-state index contributed by atoms with van der Waals surface area (Å²) in [6.07, 6.45) is 0. The molecular weight excluding hydrogens is 433 g/mol. The highest BCUT2D eigenvalue weighted by atomic mass is 35.5. The number of carbonyl (C=O) groups excluding carboxylic acids is 1. The fourth-order valence-electron chi connectivity index (χ4n) is 3.20. The molecule has 162 valence electrons. The van der Waals surface area contributed by atoms with Crippen molar-refractivity contribution < 1.29 is 14.3 Å². The van der Waals surface area contributed by atoms with Crippen LogP contribution < -0.4 is 14.8 Å². The SMILES string of the molecule is COc1ccc(C(=O)Nc2cccc(Cl)c2Cl)cc1COc1ccccc1C(C)(C)C. The highest BCUT2D eigenvalue weighted by Crippen LogP contribution is 2.33. The van der Waals surface area contributed by atoms with Crippen LogP contribution in [-0.4, -0.2) is 13.0 Å². The minimum atomic E-state index is -0.303. The topological polar surface area (TPSA) is 47.6 Å². The van der Waals surface area contributed by atoms with E-state index in [9.17, 15) is 4.79 Å². The monoisotopic (exact) mass is 457 g/mol. The fourth-order valence-corrected chi connectivity index (χ4v) is 3.54. The van der Waals surface area contributed by atoms with E-state index in [1.54, 1.807) is 43.5 Å². The van der Waals surface area contributed by atoms with E-state index >= 15 is 0 Å². The summed E-state index contributed by atoms with van der Waals surface area (Å²) in [5, 5.41) is 3.47. The second-order valence-electron chi connectivity index (χ2n) is 8.12. The van der Waals surface area contributed by atoms with Crippen molar-refractivity contribution >= 4 is 34.8 Å². The third-order valence-electron chi connectivity index (χ3n) is 4.82. The van der Waals surface area contributed by atoms with Crippen molar-refractivity contribution in [2.45, 2.75) is 32.8 Å². The van der Waals surface area contributed by atoms with Gasteiger partial charge >= 0.3 is 0 Å². The molecule has 3 rings (SSSR count). The van der Waals surface area contributed by atoms with Gasteiger partial charge in [-0.25, -0.2) is 0 Å². The maximum absolute atomic E-state index is 12.8. The van der Waals surface area contributed by atoms with Gasteiger partial charge in [0.05, 0.1) is 22.8 Å². The number of benzene rings is 3. The molecule has 0 saturated carbocycles. The van der Waals surface area contributed by atoms with E-state index in [0.29, 0.717) is 27.0 Å². The molecule has 0 aliphatic rings. The molecule has 0 aromatic heterocycles. The smallest absolute Gasteiger partial charge is 0.255 e. The number of hydrogen-bond donors (Lipinski definition) is 1. The molecule has 3 aromatic rings. The van der Waals surface area contributed by atoms with Crippen LogP contribution in [0.3, 0.4) is 0 Å². The molecule has 0 spiro atoms. The van der Waals surface area contributed by atoms with Crippen LogP contribution in [0.25, 0.3) is 0 Å². The lowest BCUT2D eigenvalue weighted by Gasteiger charge is -2.23. The highest BCUT2D eigenvalue weighted by Gasteiger charge is 2.19. The lowest BCUT2D eigenvalue weighted by molar-refractivity contribution is 0.102. The number of amides is 1. The van der Waals surface area contributed by atoms with E-state index in [0.717, 1.165) is 16.9 Å². The largest absolute Gasteiger partial charge is 0.496 e. The summed E-state index contributed by atoms with van der Waals surface area (Å²) in [5.41, 5.74) is 2.72. The van der Waals surface area contributed by atoms with Crippen LogP contribution in [-0.2, 0) is 12.0 Å². The molecule has 0 unspecified atom stereocenters. The minimum Gasteiger partial charge on any atom is -0.496 e. The summed E-state index contributed by atoms with van der Waals surface area (Å²) in [6.45, 7) is 6.68. The number of halogens is 2. The van der Waals surface area contributed by atoms with Crippen molar-refractivity contribution in [2.75, 3.05) is 12.4 Å². The molecule has 0 fully saturated rings. The highest BCUT2D eigenvalue weighted by molar-refractivity contribution is 6.44. The Morgan fingerprint density at radius 1 is 0.968 bits per heavy atom. The predicted molar refractivity (Wildman–Crippen MR) is 127 cm³/mol. The quantitative estimate of drug-likeness (QED) is 0.428. The number of carbonyl (C=O) groups is 1. The summed E-state index contributed by atoms with van der Waals surface area (Å²) in [6, 6.07) is 18.2. The van der Waals surface area contributed by atoms with Gasteiger partial charge in [-0.15, -0.1) is 0 Å². The van der Waals surface area contributed by atoms with Gasteiger partial charge in [-0.3, -0.25) is 4.79 Å². The molecule has 0 aliphatic heterocycles. The van der Waals surface area contributed by atoms with Crippen LogP contribution in [0.5, 0.6) is 11.5 Å². The molecule has 1 N–H and O–H groups in total. The average molecular weight is 458 g/mol. The van der Waals surface area contributed by atoms with Crippen molar-refractivity contribution in [3.8, 4) is 11.5 Å². The van der Waals surface area contributed by atoms with Crippen LogP contribution in [0.15, 0.2) is 60.7 Å². The summed E-state index contributed by atoms with van der Waals surface area (Å²) < 4.78 is 11.6. The molecule has 0 heterocycles. The Hall–Kier alpha value is -2.69. The Morgan fingerprint density at radius 3 is 2.42 bits per heavy atom. The number of methoxy groups -OCH3 is 1. The Labute approximate surface area is 193 Å². The number of nitrogens with one attached hydrogen (secondary N) is 1. The predicted octanol–water partition coefficient (Wildman–Crippen LogP) is 7.13. The van der Waals surface area contributed by atoms with Gasteiger partial charge in [0.25, 0.3) is 5.91 Å². The zero-order valence-electron chi connectivity index (χ0n) is 18.0. The Morgan fingerprint density at radius 2 is 1.71 bits per heavy atom. The maximum Gasteiger partial charge on any atom is 0.255 e. The van der Waals surface area contributed by atoms with Crippen molar-refractivity contribution in [1.29, 1.82) is 0 Å². The van der Waals surface area contributed by atoms with Gasteiger partial charge in [-0.2, -0.15) is 0 Å². The zero-order chi connectivity index (χ0) is 22.6. The molecule has 0 atom stereocenters. The summed E-state index contributed by atoms with van der Waals surface area (Å²) in [7, 11) is 1.59. The van der Waals surface area contributed by atoms with Crippen molar-refractivity contribution in [1.82, 2.24) is 0 Å². The van der Waals surface area contributed by atoms with Gasteiger partial charge in [0, 0.05) is 11.1 Å². The van der Waals surface area contributed by atoms with E-state index in [4.69, 9.17) is 32.7 Å². The average Bonchev–Trinajstić information content (AvgIpc) is 2.74. The molecular formula is C25H25Cl2NO3. The number of rotatable bonds is 6. The Bertz CT molecular complexity index is 1090. The lowest BCUT2D eigenvalue weighted by atomic mass is 9.86. The first-order valence-corrected chi connectivity index (χ1v) is 10.6. The molecule has 0 radical (unpaired) electrons. The molecule has 4 nitrogen and oxygen atoms in total. The van der Waals surface area contributed by atoms with Gasteiger partial charge in [0.15, 0.2) is 0 Å². The molecule has 3 aromatic carbocycles. The second-order valence-corrected chi connectivity index (χ2v) is 8.90. The minimum absolute atomic E-state index is 0.0569. The summed E-state index contributed by atoms with van der Waals surface area (Å²) in [4.78, 5) is 12.8. The first-order valence-electron chi connectivity index (χ1n) is 9.85. The van der Waals surface area contributed by atoms with Gasteiger partial charge in [0.1, 0.15) is 18.1 Å². The third kappa shape index (κ3) is 5.52. The van der Waals surface area contributed by atoms with E-state index in [1.807, 2.05) is 18.2 Å². The molecule has 0 bridgehead atoms. The summed E-state index contributed by atoms with van der Waals surface area (Å²) in [5.74, 6) is 1.14. The van der Waals surface area contributed by atoms with Crippen LogP contribution in [0.2, 0.25) is 10.0 Å². The molecule has 0 saturated heterocycles. The van der Waals surface area contributed by atoms with E-state index in [2.05, 4.69) is 32.2 Å². The molecule has 6 heteroatoms. The second kappa shape index (κ2) is 9.63. The van der Waals surface area contributed by atoms with Crippen LogP contribution in [0.4, 0.5) is 5.69 Å². The fraction of sp³-hybridized carbons (Fsp3) is 0.240. The van der Waals surface area contributed by atoms with Crippen molar-refractivity contribution in [3.63, 3.8) is 0 Å². The first kappa shape index (κ1) is 23.0.